The highest BCUT2D eigenvalue weighted by molar-refractivity contribution is 6.02. The van der Waals surface area contributed by atoms with Gasteiger partial charge in [-0.15, -0.1) is 0 Å². The number of hydrogen-bond donors (Lipinski definition) is 2. The van der Waals surface area contributed by atoms with Crippen molar-refractivity contribution in [3.63, 3.8) is 0 Å². The molecule has 0 aromatic carbocycles. The summed E-state index contributed by atoms with van der Waals surface area (Å²) in [6.45, 7) is 12.7. The Bertz CT molecular complexity index is 2500. The number of methoxy groups -OCH3 is 4. The molecule has 3 atom stereocenters. The van der Waals surface area contributed by atoms with Crippen LogP contribution in [-0.2, 0) is 54.7 Å². The molecule has 0 radical (unpaired) electrons. The Balaban J connectivity index is 1.73. The fourth-order valence-corrected chi connectivity index (χ4v) is 8.91. The molecule has 8 bridgehead atoms. The molecule has 0 fully saturated rings. The van der Waals surface area contributed by atoms with E-state index in [0.29, 0.717) is 42.1 Å². The second-order valence-corrected chi connectivity index (χ2v) is 16.1. The summed E-state index contributed by atoms with van der Waals surface area (Å²) in [5, 5.41) is 0. The predicted octanol–water partition coefficient (Wildman–Crippen LogP) is 8.82. The minimum atomic E-state index is -1.17. The molecular formula is C48H58N4O9. The van der Waals surface area contributed by atoms with Gasteiger partial charge in [0.25, 0.3) is 0 Å². The van der Waals surface area contributed by atoms with Crippen LogP contribution < -0.4 is 0 Å². The molecule has 5 heterocycles. The number of esters is 4. The third-order valence-corrected chi connectivity index (χ3v) is 12.5. The highest BCUT2D eigenvalue weighted by Crippen LogP contribution is 2.52. The van der Waals surface area contributed by atoms with Gasteiger partial charge in [0.05, 0.1) is 68.3 Å². The van der Waals surface area contributed by atoms with E-state index in [1.165, 1.54) is 28.4 Å². The van der Waals surface area contributed by atoms with Crippen molar-refractivity contribution in [2.24, 2.45) is 5.92 Å². The largest absolute Gasteiger partial charge is 0.469 e. The molecule has 61 heavy (non-hydrogen) atoms. The maximum atomic E-state index is 13.9. The maximum absolute atomic E-state index is 13.9. The summed E-state index contributed by atoms with van der Waals surface area (Å²) >= 11 is 0. The van der Waals surface area contributed by atoms with E-state index in [1.54, 1.807) is 6.08 Å². The minimum absolute atomic E-state index is 0.146. The van der Waals surface area contributed by atoms with Crippen LogP contribution in [0.2, 0.25) is 0 Å². The molecule has 6 rings (SSSR count). The van der Waals surface area contributed by atoms with E-state index in [9.17, 15) is 19.2 Å². The van der Waals surface area contributed by atoms with Crippen LogP contribution >= 0.6 is 0 Å². The van der Waals surface area contributed by atoms with Gasteiger partial charge in [-0.2, -0.15) is 0 Å². The van der Waals surface area contributed by atoms with E-state index in [-0.39, 0.29) is 36.5 Å². The van der Waals surface area contributed by atoms with Crippen LogP contribution in [0, 0.1) is 19.8 Å². The van der Waals surface area contributed by atoms with Gasteiger partial charge in [-0.05, 0) is 112 Å². The molecule has 3 aromatic heterocycles. The van der Waals surface area contributed by atoms with Crippen molar-refractivity contribution in [2.45, 2.75) is 104 Å². The van der Waals surface area contributed by atoms with Crippen molar-refractivity contribution in [1.82, 2.24) is 19.9 Å². The molecule has 2 aliphatic heterocycles. The zero-order valence-electron chi connectivity index (χ0n) is 37.1. The van der Waals surface area contributed by atoms with Gasteiger partial charge in [0.1, 0.15) is 5.92 Å². The lowest BCUT2D eigenvalue weighted by Gasteiger charge is -2.36. The summed E-state index contributed by atoms with van der Waals surface area (Å²) in [4.78, 5) is 70.0. The van der Waals surface area contributed by atoms with Crippen LogP contribution in [0.25, 0.3) is 38.8 Å². The number of H-pyrrole nitrogens is 2. The van der Waals surface area contributed by atoms with Crippen LogP contribution in [0.3, 0.4) is 0 Å². The first kappa shape index (κ1) is 44.7. The van der Waals surface area contributed by atoms with Crippen molar-refractivity contribution < 1.29 is 42.9 Å². The first-order chi connectivity index (χ1) is 29.2. The molecule has 3 aromatic rings. The Labute approximate surface area is 357 Å². The number of aromatic amines is 2. The zero-order valence-corrected chi connectivity index (χ0v) is 37.1. The number of hydrogen-bond acceptors (Lipinski definition) is 11. The lowest BCUT2D eigenvalue weighted by Crippen LogP contribution is -2.42. The summed E-state index contributed by atoms with van der Waals surface area (Å²) in [6, 6.07) is 7.87. The Morgan fingerprint density at radius 2 is 1.39 bits per heavy atom. The number of fused-ring (bicyclic) bond motifs is 11. The Hall–Kier alpha value is -5.82. The van der Waals surface area contributed by atoms with Crippen LogP contribution in [0.1, 0.15) is 124 Å². The van der Waals surface area contributed by atoms with Gasteiger partial charge in [-0.3, -0.25) is 19.4 Å². The topological polar surface area (TPSA) is 172 Å². The third-order valence-electron chi connectivity index (χ3n) is 12.5. The second-order valence-electron chi connectivity index (χ2n) is 16.1. The zero-order chi connectivity index (χ0) is 44.2. The number of nitrogens with one attached hydrogen (secondary N) is 2. The van der Waals surface area contributed by atoms with E-state index in [1.807, 2.05) is 65.0 Å². The van der Waals surface area contributed by atoms with E-state index in [2.05, 4.69) is 16.9 Å². The molecule has 324 valence electrons. The summed E-state index contributed by atoms with van der Waals surface area (Å²) < 4.78 is 27.1. The normalized spacial score (nSPS) is 17.6. The number of unbranched alkanes of at least 4 members (excludes halogenated alkanes) is 3. The molecule has 0 saturated carbocycles. The summed E-state index contributed by atoms with van der Waals surface area (Å²) in [5.41, 5.74) is 10.7. The standard InChI is InChI=1S/C48H58N4O9/c1-11-12-13-14-21-61-29(5)44-28(4)36-22-34-26(2)30(16-19-42(53)57-7)37(49-34)24-38-31(17-20-43(54)58-8)27(3)35(50-38)23-39-33-18-15-32(46(55)59-9)45(47(56)60-10)48(33,6)41(52-39)25-40(44)51-36/h15,18,22-25,29,45,50-51H,11-14,16-17,19-21H2,1-10H3/t29?,45-,48-/m1/s1. The fourth-order valence-electron chi connectivity index (χ4n) is 8.91. The summed E-state index contributed by atoms with van der Waals surface area (Å²) in [6.07, 6.45) is 8.49. The van der Waals surface area contributed by atoms with E-state index >= 15 is 0 Å². The molecule has 0 amide bonds. The number of nitrogens with zero attached hydrogens (tertiary/aromatic N) is 2. The van der Waals surface area contributed by atoms with Gasteiger partial charge in [0.15, 0.2) is 0 Å². The fraction of sp³-hybridized carbons (Fsp3) is 0.458. The van der Waals surface area contributed by atoms with Crippen molar-refractivity contribution in [2.75, 3.05) is 35.0 Å². The molecule has 0 spiro atoms. The van der Waals surface area contributed by atoms with Crippen LogP contribution in [-0.4, -0.2) is 78.9 Å². The van der Waals surface area contributed by atoms with Gasteiger partial charge in [-0.1, -0.05) is 38.3 Å². The number of carbonyl (C=O) groups excluding carboxylic acids is 4. The van der Waals surface area contributed by atoms with Crippen molar-refractivity contribution in [3.05, 3.63) is 87.0 Å². The number of aryl methyl sites for hydroxylation is 3. The van der Waals surface area contributed by atoms with Gasteiger partial charge in [-0.25, -0.2) is 9.78 Å². The van der Waals surface area contributed by atoms with E-state index in [4.69, 9.17) is 33.7 Å². The second kappa shape index (κ2) is 18.8. The van der Waals surface area contributed by atoms with Crippen LogP contribution in [0.15, 0.2) is 42.0 Å². The number of aromatic nitrogens is 4. The lowest BCUT2D eigenvalue weighted by molar-refractivity contribution is -0.149. The van der Waals surface area contributed by atoms with Crippen molar-refractivity contribution in [3.8, 4) is 0 Å². The van der Waals surface area contributed by atoms with Gasteiger partial charge >= 0.3 is 23.9 Å². The molecular weight excluding hydrogens is 777 g/mol. The Morgan fingerprint density at radius 1 is 0.738 bits per heavy atom. The molecule has 1 unspecified atom stereocenters. The number of ether oxygens (including phenoxy) is 5. The smallest absolute Gasteiger partial charge is 0.334 e. The highest BCUT2D eigenvalue weighted by atomic mass is 16.5. The minimum Gasteiger partial charge on any atom is -0.469 e. The average molecular weight is 835 g/mol. The van der Waals surface area contributed by atoms with Crippen molar-refractivity contribution >= 4 is 62.7 Å². The Morgan fingerprint density at radius 3 is 2.07 bits per heavy atom. The molecule has 3 aliphatic rings. The third kappa shape index (κ3) is 8.70. The maximum Gasteiger partial charge on any atom is 0.334 e. The molecule has 1 aliphatic carbocycles. The monoisotopic (exact) mass is 834 g/mol. The van der Waals surface area contributed by atoms with E-state index < -0.39 is 23.3 Å². The average Bonchev–Trinajstić information content (AvgIpc) is 3.91. The van der Waals surface area contributed by atoms with Gasteiger partial charge < -0.3 is 33.7 Å². The first-order valence-electron chi connectivity index (χ1n) is 21.0. The predicted molar refractivity (Wildman–Crippen MR) is 234 cm³/mol. The number of allylic oxidation sites excluding steroid dienone is 5. The lowest BCUT2D eigenvalue weighted by atomic mass is 9.64. The number of carbonyl (C=O) groups is 4. The Kier molecular flexibility index (Phi) is 13.8. The highest BCUT2D eigenvalue weighted by Gasteiger charge is 2.53. The summed E-state index contributed by atoms with van der Waals surface area (Å²) in [7, 11) is 5.35. The van der Waals surface area contributed by atoms with Gasteiger partial charge in [0.2, 0.25) is 0 Å². The molecule has 13 nitrogen and oxygen atoms in total. The first-order valence-corrected chi connectivity index (χ1v) is 21.0. The quantitative estimate of drug-likeness (QED) is 0.0852. The van der Waals surface area contributed by atoms with Crippen LogP contribution in [0.5, 0.6) is 0 Å². The van der Waals surface area contributed by atoms with E-state index in [0.717, 1.165) is 86.8 Å². The molecule has 13 heteroatoms. The van der Waals surface area contributed by atoms with Crippen molar-refractivity contribution in [1.29, 1.82) is 0 Å². The summed E-state index contributed by atoms with van der Waals surface area (Å²) in [5.74, 6) is -3.00. The number of rotatable bonds is 15. The van der Waals surface area contributed by atoms with Crippen LogP contribution in [0.4, 0.5) is 0 Å². The van der Waals surface area contributed by atoms with Gasteiger partial charge in [0, 0.05) is 47.1 Å². The molecule has 2 N–H and O–H groups in total. The SMILES string of the molecule is CCCCCCOC(C)c1c(C)c2cc3nc(cc4[nH]c(cc5nc(cc1[nH]2)[C@@]1(C)C5=CC=C(C(=O)OC)[C@@H]1C(=O)OC)c(C)c4CCC(=O)OC)C(CCC(=O)OC)=C3C. The molecule has 0 saturated heterocycles.